The molecule has 0 aliphatic carbocycles. The molecule has 0 saturated carbocycles. The van der Waals surface area contributed by atoms with E-state index < -0.39 is 0 Å². The summed E-state index contributed by atoms with van der Waals surface area (Å²) in [7, 11) is 1.75. The Hall–Kier alpha value is -1.43. The third kappa shape index (κ3) is 4.80. The van der Waals surface area contributed by atoms with Crippen molar-refractivity contribution in [2.75, 3.05) is 18.9 Å². The highest BCUT2D eigenvalue weighted by atomic mass is 35.5. The third-order valence-electron chi connectivity index (χ3n) is 3.15. The molecule has 120 valence electrons. The lowest BCUT2D eigenvalue weighted by molar-refractivity contribution is -0.115. The van der Waals surface area contributed by atoms with Gasteiger partial charge in [-0.1, -0.05) is 37.6 Å². The number of anilines is 1. The Bertz CT molecular complexity index is 610. The summed E-state index contributed by atoms with van der Waals surface area (Å²) in [6, 6.07) is 8.51. The second kappa shape index (κ2) is 8.88. The van der Waals surface area contributed by atoms with Gasteiger partial charge in [0.05, 0.1) is 12.2 Å². The van der Waals surface area contributed by atoms with Crippen LogP contribution in [0.2, 0.25) is 0 Å². The molecule has 0 aliphatic heterocycles. The predicted molar refractivity (Wildman–Crippen MR) is 96.1 cm³/mol. The molecule has 0 atom stereocenters. The summed E-state index contributed by atoms with van der Waals surface area (Å²) in [5.41, 5.74) is 3.39. The van der Waals surface area contributed by atoms with Crippen LogP contribution in [0.5, 0.6) is 0 Å². The van der Waals surface area contributed by atoms with Crippen molar-refractivity contribution in [2.45, 2.75) is 26.7 Å². The predicted octanol–water partition coefficient (Wildman–Crippen LogP) is 3.65. The number of thiazole rings is 1. The summed E-state index contributed by atoms with van der Waals surface area (Å²) in [5.74, 6) is -0.0731. The van der Waals surface area contributed by atoms with Gasteiger partial charge in [0.2, 0.25) is 5.91 Å². The highest BCUT2D eigenvalue weighted by Crippen LogP contribution is 2.30. The zero-order valence-electron chi connectivity index (χ0n) is 13.1. The number of rotatable bonds is 6. The molecule has 0 radical (unpaired) electrons. The molecule has 6 heteroatoms. The van der Waals surface area contributed by atoms with Crippen LogP contribution in [0.15, 0.2) is 24.3 Å². The first-order valence-corrected chi connectivity index (χ1v) is 7.97. The average molecular weight is 340 g/mol. The first-order chi connectivity index (χ1) is 10.1. The lowest BCUT2D eigenvalue weighted by Gasteiger charge is -2.02. The van der Waals surface area contributed by atoms with Crippen molar-refractivity contribution >= 4 is 34.8 Å². The number of aromatic nitrogens is 1. The lowest BCUT2D eigenvalue weighted by atomic mass is 10.1. The van der Waals surface area contributed by atoms with Crippen LogP contribution in [-0.2, 0) is 11.2 Å². The van der Waals surface area contributed by atoms with Crippen LogP contribution in [0.4, 0.5) is 5.13 Å². The van der Waals surface area contributed by atoms with Gasteiger partial charge in [-0.3, -0.25) is 4.79 Å². The highest BCUT2D eigenvalue weighted by molar-refractivity contribution is 7.16. The SMILES string of the molecule is CCCc1ccc(-c2nc(NC(=O)CNC)sc2C)cc1.Cl. The minimum absolute atomic E-state index is 0. The Morgan fingerprint density at radius 2 is 1.95 bits per heavy atom. The van der Waals surface area contributed by atoms with Crippen LogP contribution >= 0.6 is 23.7 Å². The van der Waals surface area contributed by atoms with Crippen LogP contribution in [0.25, 0.3) is 11.3 Å². The van der Waals surface area contributed by atoms with E-state index in [2.05, 4.69) is 46.8 Å². The van der Waals surface area contributed by atoms with Gasteiger partial charge in [0.25, 0.3) is 0 Å². The molecule has 1 amide bonds. The molecule has 2 N–H and O–H groups in total. The van der Waals surface area contributed by atoms with E-state index in [-0.39, 0.29) is 18.3 Å². The lowest BCUT2D eigenvalue weighted by Crippen LogP contribution is -2.24. The number of nitrogens with zero attached hydrogens (tertiary/aromatic N) is 1. The number of halogens is 1. The Kier molecular flexibility index (Phi) is 7.51. The van der Waals surface area contributed by atoms with Gasteiger partial charge in [0, 0.05) is 10.4 Å². The maximum Gasteiger partial charge on any atom is 0.240 e. The molecule has 0 unspecified atom stereocenters. The van der Waals surface area contributed by atoms with Crippen LogP contribution in [0, 0.1) is 6.92 Å². The van der Waals surface area contributed by atoms with Crippen molar-refractivity contribution in [3.8, 4) is 11.3 Å². The number of aryl methyl sites for hydroxylation is 2. The standard InChI is InChI=1S/C16H21N3OS.ClH/c1-4-5-12-6-8-13(9-7-12)15-11(2)21-16(19-15)18-14(20)10-17-3;/h6-9,17H,4-5,10H2,1-3H3,(H,18,19,20);1H. The van der Waals surface area contributed by atoms with E-state index in [1.807, 2.05) is 6.92 Å². The molecule has 0 bridgehead atoms. The van der Waals surface area contributed by atoms with Gasteiger partial charge in [0.1, 0.15) is 0 Å². The number of amides is 1. The Labute approximate surface area is 141 Å². The minimum Gasteiger partial charge on any atom is -0.311 e. The number of hydrogen-bond acceptors (Lipinski definition) is 4. The highest BCUT2D eigenvalue weighted by Gasteiger charge is 2.11. The first kappa shape index (κ1) is 18.6. The van der Waals surface area contributed by atoms with Crippen molar-refractivity contribution in [1.29, 1.82) is 0 Å². The fraction of sp³-hybridized carbons (Fsp3) is 0.375. The van der Waals surface area contributed by atoms with Gasteiger partial charge >= 0.3 is 0 Å². The first-order valence-electron chi connectivity index (χ1n) is 7.15. The fourth-order valence-corrected chi connectivity index (χ4v) is 3.01. The summed E-state index contributed by atoms with van der Waals surface area (Å²) in [5, 5.41) is 6.29. The summed E-state index contributed by atoms with van der Waals surface area (Å²) in [6.45, 7) is 4.50. The molecular weight excluding hydrogens is 318 g/mol. The van der Waals surface area contributed by atoms with Gasteiger partial charge < -0.3 is 10.6 Å². The largest absolute Gasteiger partial charge is 0.311 e. The molecule has 4 nitrogen and oxygen atoms in total. The molecule has 1 aromatic carbocycles. The van der Waals surface area contributed by atoms with Gasteiger partial charge in [-0.2, -0.15) is 0 Å². The molecule has 0 saturated heterocycles. The monoisotopic (exact) mass is 339 g/mol. The topological polar surface area (TPSA) is 54.0 Å². The van der Waals surface area contributed by atoms with Crippen molar-refractivity contribution < 1.29 is 4.79 Å². The van der Waals surface area contributed by atoms with E-state index in [9.17, 15) is 4.79 Å². The van der Waals surface area contributed by atoms with E-state index in [0.29, 0.717) is 11.7 Å². The van der Waals surface area contributed by atoms with E-state index in [1.165, 1.54) is 16.9 Å². The zero-order chi connectivity index (χ0) is 15.2. The zero-order valence-corrected chi connectivity index (χ0v) is 14.7. The Morgan fingerprint density at radius 1 is 1.27 bits per heavy atom. The molecular formula is C16H22ClN3OS. The van der Waals surface area contributed by atoms with Crippen LogP contribution in [0.3, 0.4) is 0 Å². The molecule has 0 spiro atoms. The number of carbonyl (C=O) groups is 1. The summed E-state index contributed by atoms with van der Waals surface area (Å²) < 4.78 is 0. The summed E-state index contributed by atoms with van der Waals surface area (Å²) in [6.07, 6.45) is 2.25. The van der Waals surface area contributed by atoms with Crippen molar-refractivity contribution in [1.82, 2.24) is 10.3 Å². The maximum absolute atomic E-state index is 11.6. The number of nitrogens with one attached hydrogen (secondary N) is 2. The fourth-order valence-electron chi connectivity index (χ4n) is 2.16. The van der Waals surface area contributed by atoms with Gasteiger partial charge in [-0.15, -0.1) is 23.7 Å². The summed E-state index contributed by atoms with van der Waals surface area (Å²) >= 11 is 1.51. The summed E-state index contributed by atoms with van der Waals surface area (Å²) in [4.78, 5) is 17.2. The van der Waals surface area contributed by atoms with Crippen molar-refractivity contribution in [3.63, 3.8) is 0 Å². The quantitative estimate of drug-likeness (QED) is 0.844. The van der Waals surface area contributed by atoms with Crippen LogP contribution in [-0.4, -0.2) is 24.5 Å². The Balaban J connectivity index is 0.00000242. The van der Waals surface area contributed by atoms with Gasteiger partial charge in [-0.05, 0) is 26.0 Å². The average Bonchev–Trinajstić information content (AvgIpc) is 2.81. The molecule has 22 heavy (non-hydrogen) atoms. The number of likely N-dealkylation sites (N-methyl/N-ethyl adjacent to an activating group) is 1. The third-order valence-corrected chi connectivity index (χ3v) is 4.03. The number of benzene rings is 1. The van der Waals surface area contributed by atoms with Crippen molar-refractivity contribution in [3.05, 3.63) is 34.7 Å². The van der Waals surface area contributed by atoms with E-state index in [0.717, 1.165) is 29.0 Å². The van der Waals surface area contributed by atoms with E-state index in [4.69, 9.17) is 0 Å². The van der Waals surface area contributed by atoms with Crippen LogP contribution < -0.4 is 10.6 Å². The van der Waals surface area contributed by atoms with Gasteiger partial charge in [-0.25, -0.2) is 4.98 Å². The molecule has 0 aliphatic rings. The van der Waals surface area contributed by atoms with E-state index in [1.54, 1.807) is 7.05 Å². The van der Waals surface area contributed by atoms with Gasteiger partial charge in [0.15, 0.2) is 5.13 Å². The smallest absolute Gasteiger partial charge is 0.240 e. The molecule has 1 aromatic heterocycles. The minimum atomic E-state index is -0.0731. The van der Waals surface area contributed by atoms with Crippen molar-refractivity contribution in [2.24, 2.45) is 0 Å². The molecule has 0 fully saturated rings. The normalized spacial score (nSPS) is 10.1. The second-order valence-corrected chi connectivity index (χ2v) is 6.15. The number of carbonyl (C=O) groups excluding carboxylic acids is 1. The second-order valence-electron chi connectivity index (χ2n) is 4.95. The maximum atomic E-state index is 11.6. The molecule has 2 aromatic rings. The van der Waals surface area contributed by atoms with Crippen LogP contribution in [0.1, 0.15) is 23.8 Å². The number of hydrogen-bond donors (Lipinski definition) is 2. The van der Waals surface area contributed by atoms with E-state index >= 15 is 0 Å². The Morgan fingerprint density at radius 3 is 2.55 bits per heavy atom. The molecule has 2 rings (SSSR count). The molecule has 1 heterocycles.